The Hall–Kier alpha value is -1.69. The van der Waals surface area contributed by atoms with E-state index in [1.54, 1.807) is 0 Å². The molecule has 1 N–H and O–H groups in total. The van der Waals surface area contributed by atoms with Gasteiger partial charge in [-0.25, -0.2) is 8.42 Å². The van der Waals surface area contributed by atoms with Gasteiger partial charge in [-0.05, 0) is 17.5 Å². The Kier molecular flexibility index (Phi) is 5.33. The molecule has 2 aromatic rings. The molecule has 1 fully saturated rings. The summed E-state index contributed by atoms with van der Waals surface area (Å²) in [7, 11) is -2.98. The zero-order valence-corrected chi connectivity index (χ0v) is 14.4. The lowest BCUT2D eigenvalue weighted by atomic mass is 9.95. The first-order chi connectivity index (χ1) is 11.6. The smallest absolute Gasteiger partial charge is 0.151 e. The van der Waals surface area contributed by atoms with Crippen molar-refractivity contribution in [2.45, 2.75) is 18.5 Å². The summed E-state index contributed by atoms with van der Waals surface area (Å²) in [5, 5.41) is 9.58. The van der Waals surface area contributed by atoms with Gasteiger partial charge in [0.05, 0.1) is 24.2 Å². The second-order valence-electron chi connectivity index (χ2n) is 6.24. The zero-order chi connectivity index (χ0) is 17.0. The highest BCUT2D eigenvalue weighted by atomic mass is 32.2. The van der Waals surface area contributed by atoms with Crippen molar-refractivity contribution in [2.24, 2.45) is 0 Å². The molecule has 1 atom stereocenters. The second-order valence-corrected chi connectivity index (χ2v) is 8.47. The van der Waals surface area contributed by atoms with Crippen LogP contribution in [0.3, 0.4) is 0 Å². The van der Waals surface area contributed by atoms with Crippen LogP contribution in [0, 0.1) is 0 Å². The van der Waals surface area contributed by atoms with Crippen molar-refractivity contribution in [1.82, 2.24) is 4.90 Å². The molecule has 5 heteroatoms. The van der Waals surface area contributed by atoms with E-state index >= 15 is 0 Å². The maximum atomic E-state index is 12.0. The first kappa shape index (κ1) is 17.1. The summed E-state index contributed by atoms with van der Waals surface area (Å²) in [6.45, 7) is 0.460. The van der Waals surface area contributed by atoms with Gasteiger partial charge in [-0.3, -0.25) is 4.90 Å². The predicted octanol–water partition coefficient (Wildman–Crippen LogP) is 2.26. The molecule has 1 heterocycles. The van der Waals surface area contributed by atoms with Crippen LogP contribution >= 0.6 is 0 Å². The van der Waals surface area contributed by atoms with E-state index in [9.17, 15) is 13.5 Å². The Morgan fingerprint density at radius 2 is 1.54 bits per heavy atom. The van der Waals surface area contributed by atoms with Gasteiger partial charge in [0.2, 0.25) is 0 Å². The highest BCUT2D eigenvalue weighted by Crippen LogP contribution is 2.33. The third-order valence-corrected chi connectivity index (χ3v) is 6.35. The van der Waals surface area contributed by atoms with E-state index in [1.807, 2.05) is 36.4 Å². The van der Waals surface area contributed by atoms with Crippen molar-refractivity contribution >= 4 is 9.84 Å². The van der Waals surface area contributed by atoms with Gasteiger partial charge in [0.1, 0.15) is 0 Å². The minimum Gasteiger partial charge on any atom is -0.395 e. The number of aliphatic hydroxyl groups is 1. The lowest BCUT2D eigenvalue weighted by molar-refractivity contribution is 0.130. The molecule has 0 saturated carbocycles. The average molecular weight is 345 g/mol. The van der Waals surface area contributed by atoms with E-state index in [0.29, 0.717) is 13.0 Å². The minimum atomic E-state index is -2.98. The Morgan fingerprint density at radius 3 is 1.96 bits per heavy atom. The zero-order valence-electron chi connectivity index (χ0n) is 13.6. The Bertz CT molecular complexity index is 707. The highest BCUT2D eigenvalue weighted by Gasteiger charge is 2.36. The number of hydrogen-bond donors (Lipinski definition) is 1. The molecule has 24 heavy (non-hydrogen) atoms. The SMILES string of the molecule is O=S1(=O)CC[C@H](N(CCO)C(c2ccccc2)c2ccccc2)C1. The topological polar surface area (TPSA) is 57.6 Å². The van der Waals surface area contributed by atoms with Gasteiger partial charge in [0, 0.05) is 12.6 Å². The van der Waals surface area contributed by atoms with Crippen molar-refractivity contribution in [2.75, 3.05) is 24.7 Å². The fourth-order valence-corrected chi connectivity index (χ4v) is 5.26. The lowest BCUT2D eigenvalue weighted by Crippen LogP contribution is -2.41. The fourth-order valence-electron chi connectivity index (χ4n) is 3.52. The van der Waals surface area contributed by atoms with Gasteiger partial charge in [-0.15, -0.1) is 0 Å². The second kappa shape index (κ2) is 7.47. The summed E-state index contributed by atoms with van der Waals surface area (Å²) in [4.78, 5) is 2.15. The van der Waals surface area contributed by atoms with Crippen LogP contribution in [0.25, 0.3) is 0 Å². The molecule has 0 unspecified atom stereocenters. The van der Waals surface area contributed by atoms with Crippen molar-refractivity contribution in [3.63, 3.8) is 0 Å². The summed E-state index contributed by atoms with van der Waals surface area (Å²) in [6.07, 6.45) is 0.624. The highest BCUT2D eigenvalue weighted by molar-refractivity contribution is 7.91. The summed E-state index contributed by atoms with van der Waals surface area (Å²) in [5.41, 5.74) is 2.22. The lowest BCUT2D eigenvalue weighted by Gasteiger charge is -2.36. The molecule has 4 nitrogen and oxygen atoms in total. The quantitative estimate of drug-likeness (QED) is 0.872. The molecule has 1 aliphatic rings. The Labute approximate surface area is 143 Å². The van der Waals surface area contributed by atoms with E-state index in [2.05, 4.69) is 29.2 Å². The monoisotopic (exact) mass is 345 g/mol. The van der Waals surface area contributed by atoms with Crippen LogP contribution in [0.4, 0.5) is 0 Å². The molecule has 0 amide bonds. The van der Waals surface area contributed by atoms with Crippen molar-refractivity contribution in [1.29, 1.82) is 0 Å². The van der Waals surface area contributed by atoms with E-state index in [1.165, 1.54) is 0 Å². The van der Waals surface area contributed by atoms with Gasteiger partial charge in [0.25, 0.3) is 0 Å². The molecule has 1 aliphatic heterocycles. The van der Waals surface area contributed by atoms with Crippen LogP contribution in [-0.2, 0) is 9.84 Å². The third kappa shape index (κ3) is 3.86. The van der Waals surface area contributed by atoms with E-state index < -0.39 is 9.84 Å². The minimum absolute atomic E-state index is 0.00666. The molecule has 0 radical (unpaired) electrons. The normalized spacial score (nSPS) is 19.9. The molecular weight excluding hydrogens is 322 g/mol. The first-order valence-corrected chi connectivity index (χ1v) is 10.1. The van der Waals surface area contributed by atoms with Crippen LogP contribution in [0.2, 0.25) is 0 Å². The van der Waals surface area contributed by atoms with Crippen molar-refractivity contribution < 1.29 is 13.5 Å². The molecule has 0 aliphatic carbocycles. The van der Waals surface area contributed by atoms with E-state index in [4.69, 9.17) is 0 Å². The molecule has 0 aromatic heterocycles. The number of aliphatic hydroxyl groups excluding tert-OH is 1. The summed E-state index contributed by atoms with van der Waals surface area (Å²) in [6, 6.07) is 20.0. The van der Waals surface area contributed by atoms with Gasteiger partial charge in [-0.2, -0.15) is 0 Å². The van der Waals surface area contributed by atoms with Crippen LogP contribution < -0.4 is 0 Å². The van der Waals surface area contributed by atoms with Crippen LogP contribution in [0.1, 0.15) is 23.6 Å². The van der Waals surface area contributed by atoms with Crippen molar-refractivity contribution in [3.8, 4) is 0 Å². The molecule has 0 bridgehead atoms. The van der Waals surface area contributed by atoms with E-state index in [-0.39, 0.29) is 30.2 Å². The van der Waals surface area contributed by atoms with Gasteiger partial charge in [0.15, 0.2) is 9.84 Å². The Balaban J connectivity index is 2.01. The molecule has 1 saturated heterocycles. The predicted molar refractivity (Wildman–Crippen MR) is 95.6 cm³/mol. The van der Waals surface area contributed by atoms with Crippen LogP contribution in [0.5, 0.6) is 0 Å². The average Bonchev–Trinajstić information content (AvgIpc) is 2.96. The number of sulfone groups is 1. The van der Waals surface area contributed by atoms with Crippen LogP contribution in [-0.4, -0.2) is 49.1 Å². The maximum absolute atomic E-state index is 12.0. The van der Waals surface area contributed by atoms with Gasteiger partial charge < -0.3 is 5.11 Å². The molecule has 0 spiro atoms. The Morgan fingerprint density at radius 1 is 1.00 bits per heavy atom. The number of hydrogen-bond acceptors (Lipinski definition) is 4. The number of benzene rings is 2. The first-order valence-electron chi connectivity index (χ1n) is 8.27. The fraction of sp³-hybridized carbons (Fsp3) is 0.368. The number of nitrogens with zero attached hydrogens (tertiary/aromatic N) is 1. The van der Waals surface area contributed by atoms with Gasteiger partial charge >= 0.3 is 0 Å². The molecular formula is C19H23NO3S. The standard InChI is InChI=1S/C19H23NO3S/c21-13-12-20(18-11-14-24(22,23)15-18)19(16-7-3-1-4-8-16)17-9-5-2-6-10-17/h1-10,18-19,21H,11-15H2/t18-/m0/s1. The van der Waals surface area contributed by atoms with Gasteiger partial charge in [-0.1, -0.05) is 60.7 Å². The van der Waals surface area contributed by atoms with Crippen LogP contribution in [0.15, 0.2) is 60.7 Å². The van der Waals surface area contributed by atoms with Crippen molar-refractivity contribution in [3.05, 3.63) is 71.8 Å². The maximum Gasteiger partial charge on any atom is 0.151 e. The summed E-state index contributed by atoms with van der Waals surface area (Å²) >= 11 is 0. The molecule has 128 valence electrons. The summed E-state index contributed by atoms with van der Waals surface area (Å²) < 4.78 is 23.9. The number of rotatable bonds is 6. The van der Waals surface area contributed by atoms with E-state index in [0.717, 1.165) is 11.1 Å². The molecule has 2 aromatic carbocycles. The largest absolute Gasteiger partial charge is 0.395 e. The molecule has 3 rings (SSSR count). The third-order valence-electron chi connectivity index (χ3n) is 4.60. The summed E-state index contributed by atoms with van der Waals surface area (Å²) in [5.74, 6) is 0.402.